The summed E-state index contributed by atoms with van der Waals surface area (Å²) in [7, 11) is 0. The van der Waals surface area contributed by atoms with Gasteiger partial charge < -0.3 is 0 Å². The number of alkyl halides is 3. The third kappa shape index (κ3) is 3.61. The Bertz CT molecular complexity index is 616. The van der Waals surface area contributed by atoms with E-state index in [1.54, 1.807) is 17.8 Å². The van der Waals surface area contributed by atoms with Crippen LogP contribution in [0.2, 0.25) is 0 Å². The van der Waals surface area contributed by atoms with Gasteiger partial charge >= 0.3 is 6.18 Å². The summed E-state index contributed by atoms with van der Waals surface area (Å²) in [4.78, 5) is 2.18. The first-order valence-electron chi connectivity index (χ1n) is 6.79. The van der Waals surface area contributed by atoms with E-state index in [0.29, 0.717) is 12.1 Å². The molecule has 1 atom stereocenters. The maximum absolute atomic E-state index is 12.9. The molecule has 118 valence electrons. The van der Waals surface area contributed by atoms with E-state index in [1.807, 2.05) is 5.38 Å². The number of aromatic nitrogens is 2. The highest BCUT2D eigenvalue weighted by atomic mass is 32.2. The quantitative estimate of drug-likeness (QED) is 0.845. The van der Waals surface area contributed by atoms with Crippen LogP contribution in [0.15, 0.2) is 29.6 Å². The molecule has 22 heavy (non-hydrogen) atoms. The van der Waals surface area contributed by atoms with Gasteiger partial charge in [0.05, 0.1) is 11.3 Å². The minimum atomic E-state index is -4.30. The highest BCUT2D eigenvalue weighted by Crippen LogP contribution is 2.35. The van der Waals surface area contributed by atoms with Crippen molar-refractivity contribution in [2.45, 2.75) is 18.8 Å². The van der Waals surface area contributed by atoms with Crippen molar-refractivity contribution in [3.63, 3.8) is 0 Å². The fourth-order valence-electron chi connectivity index (χ4n) is 2.52. The number of nitrogens with zero attached hydrogens (tertiary/aromatic N) is 3. The second-order valence-electron chi connectivity index (χ2n) is 5.08. The molecule has 1 aliphatic heterocycles. The smallest absolute Gasteiger partial charge is 0.289 e. The SMILES string of the molecule is FC(F)(F)c1cccc([C@H]2CSCCN2Cc2csnn2)c1. The summed E-state index contributed by atoms with van der Waals surface area (Å²) in [5.74, 6) is 1.77. The molecule has 1 saturated heterocycles. The van der Waals surface area contributed by atoms with Gasteiger partial charge in [-0.2, -0.15) is 24.9 Å². The van der Waals surface area contributed by atoms with Crippen molar-refractivity contribution in [2.75, 3.05) is 18.1 Å². The summed E-state index contributed by atoms with van der Waals surface area (Å²) >= 11 is 3.06. The summed E-state index contributed by atoms with van der Waals surface area (Å²) < 4.78 is 42.5. The first-order chi connectivity index (χ1) is 10.5. The second kappa shape index (κ2) is 6.55. The fourth-order valence-corrected chi connectivity index (χ4v) is 4.12. The van der Waals surface area contributed by atoms with Crippen molar-refractivity contribution < 1.29 is 13.2 Å². The number of halogens is 3. The van der Waals surface area contributed by atoms with Crippen LogP contribution in [-0.2, 0) is 12.7 Å². The summed E-state index contributed by atoms with van der Waals surface area (Å²) in [5.41, 5.74) is 0.995. The molecule has 2 heterocycles. The van der Waals surface area contributed by atoms with Crippen molar-refractivity contribution in [1.29, 1.82) is 0 Å². The Morgan fingerprint density at radius 2 is 2.18 bits per heavy atom. The molecule has 3 nitrogen and oxygen atoms in total. The van der Waals surface area contributed by atoms with Gasteiger partial charge in [-0.05, 0) is 29.2 Å². The van der Waals surface area contributed by atoms with Crippen LogP contribution in [-0.4, -0.2) is 32.5 Å². The Kier molecular flexibility index (Phi) is 4.70. The maximum Gasteiger partial charge on any atom is 0.416 e. The number of hydrogen-bond donors (Lipinski definition) is 0. The zero-order chi connectivity index (χ0) is 15.6. The average molecular weight is 345 g/mol. The molecule has 0 amide bonds. The molecule has 2 aromatic rings. The van der Waals surface area contributed by atoms with Gasteiger partial charge in [-0.25, -0.2) is 0 Å². The van der Waals surface area contributed by atoms with Gasteiger partial charge in [-0.15, -0.1) is 5.10 Å². The molecule has 1 aromatic carbocycles. The Balaban J connectivity index is 1.84. The molecule has 0 aliphatic carbocycles. The Morgan fingerprint density at radius 1 is 1.32 bits per heavy atom. The summed E-state index contributed by atoms with van der Waals surface area (Å²) in [6.07, 6.45) is -4.30. The van der Waals surface area contributed by atoms with E-state index < -0.39 is 11.7 Å². The van der Waals surface area contributed by atoms with Crippen LogP contribution < -0.4 is 0 Å². The zero-order valence-electron chi connectivity index (χ0n) is 11.6. The average Bonchev–Trinajstić information content (AvgIpc) is 3.00. The predicted octanol–water partition coefficient (Wildman–Crippen LogP) is 3.85. The van der Waals surface area contributed by atoms with E-state index in [9.17, 15) is 13.2 Å². The van der Waals surface area contributed by atoms with E-state index in [2.05, 4.69) is 14.5 Å². The molecular formula is C14H14F3N3S2. The number of benzene rings is 1. The fraction of sp³-hybridized carbons (Fsp3) is 0.429. The van der Waals surface area contributed by atoms with Crippen LogP contribution in [0, 0.1) is 0 Å². The Hall–Kier alpha value is -1.12. The summed E-state index contributed by atoms with van der Waals surface area (Å²) in [6.45, 7) is 1.46. The zero-order valence-corrected chi connectivity index (χ0v) is 13.2. The van der Waals surface area contributed by atoms with Crippen molar-refractivity contribution in [2.24, 2.45) is 0 Å². The van der Waals surface area contributed by atoms with Gasteiger partial charge in [0.25, 0.3) is 0 Å². The van der Waals surface area contributed by atoms with Gasteiger partial charge in [0.15, 0.2) is 0 Å². The van der Waals surface area contributed by atoms with Crippen LogP contribution >= 0.6 is 23.3 Å². The minimum absolute atomic E-state index is 0.0252. The first-order valence-corrected chi connectivity index (χ1v) is 8.78. The van der Waals surface area contributed by atoms with Crippen molar-refractivity contribution in [3.05, 3.63) is 46.5 Å². The predicted molar refractivity (Wildman–Crippen MR) is 81.8 cm³/mol. The van der Waals surface area contributed by atoms with E-state index in [0.717, 1.165) is 29.8 Å². The standard InChI is InChI=1S/C14H14F3N3S2/c15-14(16,17)11-3-1-2-10(6-11)13-9-21-5-4-20(13)7-12-8-22-19-18-12/h1-3,6,8,13H,4-5,7,9H2/t13-/m1/s1. The number of rotatable bonds is 3. The third-order valence-electron chi connectivity index (χ3n) is 3.61. The summed E-state index contributed by atoms with van der Waals surface area (Å²) in [6, 6.07) is 5.62. The monoisotopic (exact) mass is 345 g/mol. The van der Waals surface area contributed by atoms with Gasteiger partial charge in [-0.3, -0.25) is 4.90 Å². The van der Waals surface area contributed by atoms with Crippen molar-refractivity contribution in [3.8, 4) is 0 Å². The molecular weight excluding hydrogens is 331 g/mol. The van der Waals surface area contributed by atoms with E-state index in [1.165, 1.54) is 23.7 Å². The highest BCUT2D eigenvalue weighted by molar-refractivity contribution is 7.99. The molecule has 0 N–H and O–H groups in total. The molecule has 0 radical (unpaired) electrons. The topological polar surface area (TPSA) is 29.0 Å². The lowest BCUT2D eigenvalue weighted by atomic mass is 10.0. The maximum atomic E-state index is 12.9. The molecule has 1 fully saturated rings. The lowest BCUT2D eigenvalue weighted by molar-refractivity contribution is -0.137. The normalized spacial score (nSPS) is 20.2. The van der Waals surface area contributed by atoms with Crippen LogP contribution in [0.1, 0.15) is 22.9 Å². The van der Waals surface area contributed by atoms with Crippen molar-refractivity contribution >= 4 is 23.3 Å². The first kappa shape index (κ1) is 15.8. The largest absolute Gasteiger partial charge is 0.416 e. The van der Waals surface area contributed by atoms with Crippen LogP contribution in [0.25, 0.3) is 0 Å². The van der Waals surface area contributed by atoms with Gasteiger partial charge in [0.1, 0.15) is 0 Å². The molecule has 0 saturated carbocycles. The van der Waals surface area contributed by atoms with Crippen LogP contribution in [0.5, 0.6) is 0 Å². The third-order valence-corrected chi connectivity index (χ3v) is 5.18. The Labute approximate surface area is 134 Å². The summed E-state index contributed by atoms with van der Waals surface area (Å²) in [5, 5.41) is 5.92. The van der Waals surface area contributed by atoms with Crippen molar-refractivity contribution in [1.82, 2.24) is 14.5 Å². The molecule has 0 unspecified atom stereocenters. The lowest BCUT2D eigenvalue weighted by Crippen LogP contribution is -2.35. The molecule has 1 aliphatic rings. The second-order valence-corrected chi connectivity index (χ2v) is 6.84. The highest BCUT2D eigenvalue weighted by Gasteiger charge is 2.32. The molecule has 8 heteroatoms. The lowest BCUT2D eigenvalue weighted by Gasteiger charge is -2.35. The minimum Gasteiger partial charge on any atom is -0.289 e. The molecule has 1 aromatic heterocycles. The number of hydrogen-bond acceptors (Lipinski definition) is 5. The van der Waals surface area contributed by atoms with Gasteiger partial charge in [-0.1, -0.05) is 16.6 Å². The number of thioether (sulfide) groups is 1. The molecule has 0 bridgehead atoms. The van der Waals surface area contributed by atoms with E-state index in [4.69, 9.17) is 0 Å². The van der Waals surface area contributed by atoms with Crippen LogP contribution in [0.3, 0.4) is 0 Å². The molecule has 3 rings (SSSR count). The van der Waals surface area contributed by atoms with E-state index in [-0.39, 0.29) is 6.04 Å². The van der Waals surface area contributed by atoms with Gasteiger partial charge in [0, 0.05) is 36.0 Å². The van der Waals surface area contributed by atoms with E-state index >= 15 is 0 Å². The molecule has 0 spiro atoms. The van der Waals surface area contributed by atoms with Crippen LogP contribution in [0.4, 0.5) is 13.2 Å². The van der Waals surface area contributed by atoms with Gasteiger partial charge in [0.2, 0.25) is 0 Å². The Morgan fingerprint density at radius 3 is 2.91 bits per heavy atom.